The van der Waals surface area contributed by atoms with Crippen molar-refractivity contribution in [3.63, 3.8) is 0 Å². The van der Waals surface area contributed by atoms with Gasteiger partial charge in [-0.25, -0.2) is 9.07 Å². The molecule has 0 aliphatic rings. The van der Waals surface area contributed by atoms with Gasteiger partial charge < -0.3 is 5.11 Å². The second-order valence-electron chi connectivity index (χ2n) is 4.72. The Kier molecular flexibility index (Phi) is 3.50. The van der Waals surface area contributed by atoms with Crippen LogP contribution in [0.25, 0.3) is 16.9 Å². The summed E-state index contributed by atoms with van der Waals surface area (Å²) < 4.78 is 15.7. The summed E-state index contributed by atoms with van der Waals surface area (Å²) in [4.78, 5) is 0. The maximum atomic E-state index is 14.1. The molecular formula is C16H14FN3O. The fourth-order valence-electron chi connectivity index (χ4n) is 2.31. The molecule has 106 valence electrons. The number of benzene rings is 2. The molecule has 1 N–H and O–H groups in total. The summed E-state index contributed by atoms with van der Waals surface area (Å²) in [5, 5.41) is 17.5. The van der Waals surface area contributed by atoms with Gasteiger partial charge in [0.25, 0.3) is 0 Å². The first kappa shape index (κ1) is 13.5. The van der Waals surface area contributed by atoms with Crippen molar-refractivity contribution in [3.05, 3.63) is 65.6 Å². The molecule has 21 heavy (non-hydrogen) atoms. The molecule has 0 atom stereocenters. The van der Waals surface area contributed by atoms with Crippen LogP contribution in [0.1, 0.15) is 11.3 Å². The number of aromatic nitrogens is 3. The average Bonchev–Trinajstić information content (AvgIpc) is 2.92. The Balaban J connectivity index is 2.28. The van der Waals surface area contributed by atoms with Crippen molar-refractivity contribution < 1.29 is 9.50 Å². The zero-order valence-electron chi connectivity index (χ0n) is 11.5. The molecule has 1 aromatic heterocycles. The number of hydrogen-bond acceptors (Lipinski definition) is 3. The third-order valence-electron chi connectivity index (χ3n) is 3.36. The lowest BCUT2D eigenvalue weighted by Gasteiger charge is -2.10. The molecule has 0 amide bonds. The van der Waals surface area contributed by atoms with E-state index in [9.17, 15) is 9.50 Å². The molecule has 0 bridgehead atoms. The Morgan fingerprint density at radius 1 is 1.10 bits per heavy atom. The number of aliphatic hydroxyl groups excluding tert-OH is 1. The third kappa shape index (κ3) is 2.32. The van der Waals surface area contributed by atoms with Crippen molar-refractivity contribution in [1.29, 1.82) is 0 Å². The molecule has 0 aliphatic carbocycles. The van der Waals surface area contributed by atoms with E-state index < -0.39 is 0 Å². The molecule has 0 saturated carbocycles. The van der Waals surface area contributed by atoms with E-state index in [1.165, 1.54) is 6.07 Å². The van der Waals surface area contributed by atoms with Gasteiger partial charge in [-0.2, -0.15) is 0 Å². The minimum absolute atomic E-state index is 0.296. The SMILES string of the molecule is Cc1ccccc1-n1nnc(CO)c1-c1ccccc1F. The van der Waals surface area contributed by atoms with Crippen molar-refractivity contribution in [3.8, 4) is 16.9 Å². The number of nitrogens with zero attached hydrogens (tertiary/aromatic N) is 3. The van der Waals surface area contributed by atoms with Gasteiger partial charge in [0.2, 0.25) is 0 Å². The first-order chi connectivity index (χ1) is 10.2. The van der Waals surface area contributed by atoms with Gasteiger partial charge in [-0.05, 0) is 30.7 Å². The van der Waals surface area contributed by atoms with E-state index in [0.29, 0.717) is 17.0 Å². The maximum Gasteiger partial charge on any atom is 0.132 e. The number of halogens is 1. The van der Waals surface area contributed by atoms with Gasteiger partial charge in [0.1, 0.15) is 17.2 Å². The van der Waals surface area contributed by atoms with Crippen molar-refractivity contribution in [1.82, 2.24) is 15.0 Å². The van der Waals surface area contributed by atoms with Crippen molar-refractivity contribution in [2.24, 2.45) is 0 Å². The van der Waals surface area contributed by atoms with E-state index in [2.05, 4.69) is 10.3 Å². The minimum Gasteiger partial charge on any atom is -0.390 e. The molecule has 0 saturated heterocycles. The van der Waals surface area contributed by atoms with Crippen LogP contribution in [-0.4, -0.2) is 20.1 Å². The Labute approximate surface area is 121 Å². The molecule has 0 radical (unpaired) electrons. The van der Waals surface area contributed by atoms with E-state index >= 15 is 0 Å². The van der Waals surface area contributed by atoms with Gasteiger partial charge in [-0.3, -0.25) is 0 Å². The fourth-order valence-corrected chi connectivity index (χ4v) is 2.31. The summed E-state index contributed by atoms with van der Waals surface area (Å²) in [7, 11) is 0. The van der Waals surface area contributed by atoms with Gasteiger partial charge in [0.05, 0.1) is 12.3 Å². The van der Waals surface area contributed by atoms with Crippen molar-refractivity contribution >= 4 is 0 Å². The fraction of sp³-hybridized carbons (Fsp3) is 0.125. The van der Waals surface area contributed by atoms with Crippen molar-refractivity contribution in [2.75, 3.05) is 0 Å². The molecule has 2 aromatic carbocycles. The third-order valence-corrected chi connectivity index (χ3v) is 3.36. The lowest BCUT2D eigenvalue weighted by Crippen LogP contribution is -2.03. The average molecular weight is 283 g/mol. The molecule has 3 rings (SSSR count). The molecule has 0 fully saturated rings. The van der Waals surface area contributed by atoms with Crippen LogP contribution in [0.5, 0.6) is 0 Å². The highest BCUT2D eigenvalue weighted by Gasteiger charge is 2.19. The summed E-state index contributed by atoms with van der Waals surface area (Å²) >= 11 is 0. The lowest BCUT2D eigenvalue weighted by atomic mass is 10.1. The zero-order chi connectivity index (χ0) is 14.8. The normalized spacial score (nSPS) is 10.8. The van der Waals surface area contributed by atoms with Crippen LogP contribution in [0.15, 0.2) is 48.5 Å². The second kappa shape index (κ2) is 5.46. The number of hydrogen-bond donors (Lipinski definition) is 1. The second-order valence-corrected chi connectivity index (χ2v) is 4.72. The summed E-state index contributed by atoms with van der Waals surface area (Å²) in [5.41, 5.74) is 3.00. The van der Waals surface area contributed by atoms with E-state index in [4.69, 9.17) is 0 Å². The lowest BCUT2D eigenvalue weighted by molar-refractivity contribution is 0.277. The number of aryl methyl sites for hydroxylation is 1. The molecule has 0 spiro atoms. The van der Waals surface area contributed by atoms with E-state index in [0.717, 1.165) is 11.3 Å². The molecule has 5 heteroatoms. The van der Waals surface area contributed by atoms with Crippen LogP contribution in [0.3, 0.4) is 0 Å². The molecule has 3 aromatic rings. The number of para-hydroxylation sites is 1. The Hall–Kier alpha value is -2.53. The van der Waals surface area contributed by atoms with Crippen molar-refractivity contribution in [2.45, 2.75) is 13.5 Å². The summed E-state index contributed by atoms with van der Waals surface area (Å²) in [6.07, 6.45) is 0. The van der Waals surface area contributed by atoms with Crippen LogP contribution < -0.4 is 0 Å². The molecule has 0 unspecified atom stereocenters. The maximum absolute atomic E-state index is 14.1. The summed E-state index contributed by atoms with van der Waals surface area (Å²) in [5.74, 6) is -0.371. The predicted molar refractivity (Wildman–Crippen MR) is 77.4 cm³/mol. The Bertz CT molecular complexity index is 783. The number of aliphatic hydroxyl groups is 1. The van der Waals surface area contributed by atoms with E-state index in [-0.39, 0.29) is 12.4 Å². The van der Waals surface area contributed by atoms with Gasteiger partial charge in [0, 0.05) is 5.56 Å². The number of rotatable bonds is 3. The van der Waals surface area contributed by atoms with Crippen LogP contribution in [-0.2, 0) is 6.61 Å². The Morgan fingerprint density at radius 3 is 2.52 bits per heavy atom. The van der Waals surface area contributed by atoms with Gasteiger partial charge in [0.15, 0.2) is 0 Å². The minimum atomic E-state index is -0.371. The quantitative estimate of drug-likeness (QED) is 0.804. The highest BCUT2D eigenvalue weighted by Crippen LogP contribution is 2.28. The highest BCUT2D eigenvalue weighted by atomic mass is 19.1. The first-order valence-corrected chi connectivity index (χ1v) is 6.58. The molecular weight excluding hydrogens is 269 g/mol. The summed E-state index contributed by atoms with van der Waals surface area (Å²) in [6, 6.07) is 14.0. The monoisotopic (exact) mass is 283 g/mol. The highest BCUT2D eigenvalue weighted by molar-refractivity contribution is 5.65. The van der Waals surface area contributed by atoms with E-state index in [1.54, 1.807) is 22.9 Å². The Morgan fingerprint density at radius 2 is 1.81 bits per heavy atom. The van der Waals surface area contributed by atoms with Gasteiger partial charge in [-0.15, -0.1) is 5.10 Å². The molecule has 0 aliphatic heterocycles. The summed E-state index contributed by atoms with van der Waals surface area (Å²) in [6.45, 7) is 1.65. The van der Waals surface area contributed by atoms with Crippen LogP contribution >= 0.6 is 0 Å². The van der Waals surface area contributed by atoms with Crippen LogP contribution in [0.4, 0.5) is 4.39 Å². The first-order valence-electron chi connectivity index (χ1n) is 6.58. The smallest absolute Gasteiger partial charge is 0.132 e. The van der Waals surface area contributed by atoms with Crippen LogP contribution in [0, 0.1) is 12.7 Å². The molecule has 1 heterocycles. The standard InChI is InChI=1S/C16H14FN3O/c1-11-6-2-5-9-15(11)20-16(14(10-21)18-19-20)12-7-3-4-8-13(12)17/h2-9,21H,10H2,1H3. The zero-order valence-corrected chi connectivity index (χ0v) is 11.5. The predicted octanol–water partition coefficient (Wildman–Crippen LogP) is 2.87. The topological polar surface area (TPSA) is 50.9 Å². The van der Waals surface area contributed by atoms with Crippen LogP contribution in [0.2, 0.25) is 0 Å². The largest absolute Gasteiger partial charge is 0.390 e. The van der Waals surface area contributed by atoms with E-state index in [1.807, 2.05) is 31.2 Å². The molecule has 4 nitrogen and oxygen atoms in total. The van der Waals surface area contributed by atoms with Gasteiger partial charge >= 0.3 is 0 Å². The van der Waals surface area contributed by atoms with Gasteiger partial charge in [-0.1, -0.05) is 35.5 Å².